The van der Waals surface area contributed by atoms with E-state index in [1.54, 1.807) is 17.5 Å². The van der Waals surface area contributed by atoms with Gasteiger partial charge >= 0.3 is 0 Å². The molecule has 0 radical (unpaired) electrons. The summed E-state index contributed by atoms with van der Waals surface area (Å²) < 4.78 is 0. The van der Waals surface area contributed by atoms with Crippen molar-refractivity contribution in [3.05, 3.63) is 16.1 Å². The summed E-state index contributed by atoms with van der Waals surface area (Å²) in [5, 5.41) is 9.55. The number of nitrogens with zero attached hydrogens (tertiary/aromatic N) is 2. The fourth-order valence-electron chi connectivity index (χ4n) is 0.642. The van der Waals surface area contributed by atoms with Gasteiger partial charge in [0.25, 0.3) is 0 Å². The van der Waals surface area contributed by atoms with Crippen molar-refractivity contribution >= 4 is 11.3 Å². The second kappa shape index (κ2) is 2.80. The molecule has 0 spiro atoms. The summed E-state index contributed by atoms with van der Waals surface area (Å²) >= 11 is 1.59. The molecule has 10 heavy (non-hydrogen) atoms. The van der Waals surface area contributed by atoms with Gasteiger partial charge < -0.3 is 0 Å². The molecular formula is C7H8N2S. The zero-order valence-corrected chi connectivity index (χ0v) is 6.77. The van der Waals surface area contributed by atoms with Crippen molar-refractivity contribution in [3.8, 4) is 6.07 Å². The molecule has 0 aromatic carbocycles. The molecule has 0 fully saturated rings. The van der Waals surface area contributed by atoms with Gasteiger partial charge in [-0.15, -0.1) is 11.3 Å². The molecule has 3 heteroatoms. The largest absolute Gasteiger partial charge is 0.250 e. The number of rotatable bonds is 1. The third kappa shape index (κ3) is 1.34. The molecule has 0 aliphatic carbocycles. The van der Waals surface area contributed by atoms with Crippen LogP contribution in [0.2, 0.25) is 0 Å². The van der Waals surface area contributed by atoms with Crippen molar-refractivity contribution in [2.24, 2.45) is 0 Å². The van der Waals surface area contributed by atoms with E-state index in [-0.39, 0.29) is 5.92 Å². The number of hydrogen-bond acceptors (Lipinski definition) is 3. The highest BCUT2D eigenvalue weighted by Crippen LogP contribution is 2.20. The van der Waals surface area contributed by atoms with Gasteiger partial charge in [-0.2, -0.15) is 5.26 Å². The van der Waals surface area contributed by atoms with Crippen molar-refractivity contribution < 1.29 is 0 Å². The summed E-state index contributed by atoms with van der Waals surface area (Å²) in [5.41, 5.74) is 0. The summed E-state index contributed by atoms with van der Waals surface area (Å²) in [6.45, 7) is 3.82. The van der Waals surface area contributed by atoms with Gasteiger partial charge in [-0.1, -0.05) is 0 Å². The molecule has 52 valence electrons. The lowest BCUT2D eigenvalue weighted by Gasteiger charge is -1.91. The normalized spacial score (nSPS) is 12.5. The molecule has 0 N–H and O–H groups in total. The first-order valence-electron chi connectivity index (χ1n) is 3.06. The molecule has 0 saturated carbocycles. The molecule has 1 aromatic rings. The summed E-state index contributed by atoms with van der Waals surface area (Å²) in [6.07, 6.45) is 1.77. The number of aromatic nitrogens is 1. The van der Waals surface area contributed by atoms with Crippen LogP contribution in [0.25, 0.3) is 0 Å². The van der Waals surface area contributed by atoms with Crippen molar-refractivity contribution in [1.82, 2.24) is 4.98 Å². The highest BCUT2D eigenvalue weighted by Gasteiger charge is 2.05. The SMILES string of the molecule is Cc1ncc(C(C)C#N)s1. The number of hydrogen-bond donors (Lipinski definition) is 0. The molecular weight excluding hydrogens is 144 g/mol. The third-order valence-corrected chi connectivity index (χ3v) is 2.36. The van der Waals surface area contributed by atoms with Crippen LogP contribution in [0.4, 0.5) is 0 Å². The first-order chi connectivity index (χ1) is 4.74. The number of aryl methyl sites for hydroxylation is 1. The molecule has 1 atom stereocenters. The Hall–Kier alpha value is -0.880. The van der Waals surface area contributed by atoms with Crippen molar-refractivity contribution in [2.75, 3.05) is 0 Å². The minimum atomic E-state index is -0.00815. The van der Waals surface area contributed by atoms with E-state index in [0.29, 0.717) is 0 Å². The summed E-state index contributed by atoms with van der Waals surface area (Å²) in [6, 6.07) is 2.16. The molecule has 1 rings (SSSR count). The van der Waals surface area contributed by atoms with Gasteiger partial charge in [-0.3, -0.25) is 0 Å². The van der Waals surface area contributed by atoms with Crippen molar-refractivity contribution in [1.29, 1.82) is 5.26 Å². The molecule has 1 aromatic heterocycles. The van der Waals surface area contributed by atoms with Crippen LogP contribution in [0, 0.1) is 18.3 Å². The molecule has 0 bridgehead atoms. The van der Waals surface area contributed by atoms with Crippen LogP contribution in [-0.4, -0.2) is 4.98 Å². The average Bonchev–Trinajstić information content (AvgIpc) is 2.34. The Bertz CT molecular complexity index is 259. The van der Waals surface area contributed by atoms with Crippen LogP contribution in [0.1, 0.15) is 22.7 Å². The van der Waals surface area contributed by atoms with Gasteiger partial charge in [-0.05, 0) is 13.8 Å². The van der Waals surface area contributed by atoms with E-state index in [0.717, 1.165) is 9.88 Å². The molecule has 1 unspecified atom stereocenters. The Morgan fingerprint density at radius 3 is 2.90 bits per heavy atom. The van der Waals surface area contributed by atoms with Crippen molar-refractivity contribution in [2.45, 2.75) is 19.8 Å². The molecule has 0 aliphatic rings. The van der Waals surface area contributed by atoms with Gasteiger partial charge in [0.05, 0.1) is 17.0 Å². The Morgan fingerprint density at radius 1 is 1.80 bits per heavy atom. The van der Waals surface area contributed by atoms with E-state index in [2.05, 4.69) is 11.1 Å². The third-order valence-electron chi connectivity index (χ3n) is 1.26. The highest BCUT2D eigenvalue weighted by atomic mass is 32.1. The van der Waals surface area contributed by atoms with Crippen LogP contribution in [0.3, 0.4) is 0 Å². The smallest absolute Gasteiger partial charge is 0.0897 e. The Balaban J connectivity index is 2.87. The van der Waals surface area contributed by atoms with Gasteiger partial charge in [-0.25, -0.2) is 4.98 Å². The maximum atomic E-state index is 8.53. The summed E-state index contributed by atoms with van der Waals surface area (Å²) in [4.78, 5) is 5.11. The summed E-state index contributed by atoms with van der Waals surface area (Å²) in [5.74, 6) is -0.00815. The lowest BCUT2D eigenvalue weighted by Crippen LogP contribution is -1.81. The van der Waals surface area contributed by atoms with E-state index in [1.807, 2.05) is 13.8 Å². The Labute approximate surface area is 64.1 Å². The fraction of sp³-hybridized carbons (Fsp3) is 0.429. The monoisotopic (exact) mass is 152 g/mol. The van der Waals surface area contributed by atoms with Crippen LogP contribution in [0.5, 0.6) is 0 Å². The lowest BCUT2D eigenvalue weighted by atomic mass is 10.2. The minimum absolute atomic E-state index is 0.00815. The molecule has 0 aliphatic heterocycles. The van der Waals surface area contributed by atoms with E-state index in [1.165, 1.54) is 0 Å². The van der Waals surface area contributed by atoms with E-state index < -0.39 is 0 Å². The second-order valence-corrected chi connectivity index (χ2v) is 3.40. The van der Waals surface area contributed by atoms with Crippen LogP contribution >= 0.6 is 11.3 Å². The summed E-state index contributed by atoms with van der Waals surface area (Å²) in [7, 11) is 0. The molecule has 1 heterocycles. The van der Waals surface area contributed by atoms with Gasteiger partial charge in [0.2, 0.25) is 0 Å². The standard InChI is InChI=1S/C7H8N2S/c1-5(3-8)7-4-9-6(2)10-7/h4-5H,1-2H3. The predicted molar refractivity (Wildman–Crippen MR) is 40.9 cm³/mol. The average molecular weight is 152 g/mol. The fourth-order valence-corrected chi connectivity index (χ4v) is 1.42. The molecule has 0 saturated heterocycles. The lowest BCUT2D eigenvalue weighted by molar-refractivity contribution is 1.00. The maximum absolute atomic E-state index is 8.53. The Morgan fingerprint density at radius 2 is 2.50 bits per heavy atom. The van der Waals surface area contributed by atoms with E-state index >= 15 is 0 Å². The Kier molecular flexibility index (Phi) is 2.03. The van der Waals surface area contributed by atoms with Crippen LogP contribution in [-0.2, 0) is 0 Å². The van der Waals surface area contributed by atoms with Gasteiger partial charge in [0.1, 0.15) is 0 Å². The van der Waals surface area contributed by atoms with Crippen molar-refractivity contribution in [3.63, 3.8) is 0 Å². The predicted octanol–water partition coefficient (Wildman–Crippen LogP) is 2.08. The van der Waals surface area contributed by atoms with Gasteiger partial charge in [0, 0.05) is 11.1 Å². The maximum Gasteiger partial charge on any atom is 0.0897 e. The molecule has 2 nitrogen and oxygen atoms in total. The highest BCUT2D eigenvalue weighted by molar-refractivity contribution is 7.11. The number of thiazole rings is 1. The topological polar surface area (TPSA) is 36.7 Å². The minimum Gasteiger partial charge on any atom is -0.250 e. The second-order valence-electron chi connectivity index (χ2n) is 2.13. The van der Waals surface area contributed by atoms with Crippen LogP contribution < -0.4 is 0 Å². The first kappa shape index (κ1) is 7.23. The zero-order chi connectivity index (χ0) is 7.56. The molecule has 0 amide bonds. The van der Waals surface area contributed by atoms with E-state index in [9.17, 15) is 0 Å². The van der Waals surface area contributed by atoms with Gasteiger partial charge in [0.15, 0.2) is 0 Å². The van der Waals surface area contributed by atoms with E-state index in [4.69, 9.17) is 5.26 Å². The number of nitriles is 1. The van der Waals surface area contributed by atoms with Crippen LogP contribution in [0.15, 0.2) is 6.20 Å². The quantitative estimate of drug-likeness (QED) is 0.617. The first-order valence-corrected chi connectivity index (χ1v) is 3.87. The zero-order valence-electron chi connectivity index (χ0n) is 5.96.